The van der Waals surface area contributed by atoms with Crippen LogP contribution in [0.2, 0.25) is 0 Å². The second-order valence-electron chi connectivity index (χ2n) is 14.0. The minimum absolute atomic E-state index is 0.125. The van der Waals surface area contributed by atoms with Gasteiger partial charge >= 0.3 is 0 Å². The highest BCUT2D eigenvalue weighted by Crippen LogP contribution is 2.69. The Hall–Kier alpha value is -4.96. The molecule has 0 atom stereocenters. The van der Waals surface area contributed by atoms with Crippen LogP contribution >= 0.6 is 0 Å². The van der Waals surface area contributed by atoms with Crippen LogP contribution in [-0.2, 0) is 5.41 Å². The quantitative estimate of drug-likeness (QED) is 0.204. The van der Waals surface area contributed by atoms with E-state index in [1.165, 1.54) is 65.5 Å². The topological polar surface area (TPSA) is 51.6 Å². The van der Waals surface area contributed by atoms with Crippen molar-refractivity contribution in [2.45, 2.75) is 37.5 Å². The molecule has 11 rings (SSSR count). The minimum Gasteiger partial charge on any atom is -0.264 e. The van der Waals surface area contributed by atoms with Crippen molar-refractivity contribution in [1.29, 1.82) is 0 Å². The van der Waals surface area contributed by atoms with E-state index >= 15 is 0 Å². The zero-order chi connectivity index (χ0) is 30.2. The Labute approximate surface area is 269 Å². The molecule has 5 aliphatic carbocycles. The molecule has 2 heterocycles. The molecular weight excluding hydrogens is 560 g/mol. The van der Waals surface area contributed by atoms with Gasteiger partial charge in [0.15, 0.2) is 17.5 Å². The lowest BCUT2D eigenvalue weighted by molar-refractivity contribution is -0.0399. The van der Waals surface area contributed by atoms with Gasteiger partial charge in [0, 0.05) is 40.1 Å². The van der Waals surface area contributed by atoms with Crippen LogP contribution in [0, 0.1) is 23.7 Å². The van der Waals surface area contributed by atoms with Gasteiger partial charge in [-0.1, -0.05) is 97.1 Å². The summed E-state index contributed by atoms with van der Waals surface area (Å²) in [4.78, 5) is 19.9. The summed E-state index contributed by atoms with van der Waals surface area (Å²) in [6.45, 7) is 0. The van der Waals surface area contributed by atoms with Crippen LogP contribution in [-0.4, -0.2) is 19.9 Å². The van der Waals surface area contributed by atoms with E-state index in [2.05, 4.69) is 96.1 Å². The van der Waals surface area contributed by atoms with Gasteiger partial charge in [-0.25, -0.2) is 15.0 Å². The van der Waals surface area contributed by atoms with Crippen molar-refractivity contribution in [2.24, 2.45) is 23.7 Å². The SMILES string of the molecule is c1ccc(-c2ccc(-c3nc(-c4ccccc4)nc(-c4ccc5c(c4)-c4cnccc4C54C5CC6CC(C5)CC4C6)n3)cc2)cc1. The van der Waals surface area contributed by atoms with E-state index in [0.29, 0.717) is 17.5 Å². The molecule has 0 radical (unpaired) electrons. The van der Waals surface area contributed by atoms with E-state index in [-0.39, 0.29) is 5.41 Å². The monoisotopic (exact) mass is 594 g/mol. The van der Waals surface area contributed by atoms with Crippen LogP contribution in [0.25, 0.3) is 56.4 Å². The summed E-state index contributed by atoms with van der Waals surface area (Å²) in [6, 6.07) is 38.7. The van der Waals surface area contributed by atoms with Gasteiger partial charge in [0.25, 0.3) is 0 Å². The number of aromatic nitrogens is 4. The van der Waals surface area contributed by atoms with Crippen molar-refractivity contribution >= 4 is 0 Å². The van der Waals surface area contributed by atoms with Gasteiger partial charge in [0.1, 0.15) is 0 Å². The minimum atomic E-state index is 0.125. The predicted octanol–water partition coefficient (Wildman–Crippen LogP) is 9.66. The number of hydrogen-bond acceptors (Lipinski definition) is 4. The number of pyridine rings is 1. The molecule has 4 nitrogen and oxygen atoms in total. The standard InChI is InChI=1S/C42H34N4/c1-3-7-28(8-4-1)29-11-13-31(14-12-29)40-44-39(30-9-5-2-6-10-30)45-41(46-40)32-15-16-37-35(24-32)36-25-43-18-17-38(36)42(37)33-20-26-19-27(22-33)23-34(42)21-26/h1-18,24-27,33-34H,19-23H2. The van der Waals surface area contributed by atoms with Crippen molar-refractivity contribution in [3.05, 3.63) is 133 Å². The Bertz CT molecular complexity index is 2070. The second kappa shape index (κ2) is 10.0. The first-order chi connectivity index (χ1) is 22.7. The van der Waals surface area contributed by atoms with Gasteiger partial charge < -0.3 is 0 Å². The lowest BCUT2D eigenvalue weighted by atomic mass is 9.43. The summed E-state index contributed by atoms with van der Waals surface area (Å²) in [7, 11) is 0. The Morgan fingerprint density at radius 3 is 1.61 bits per heavy atom. The zero-order valence-corrected chi connectivity index (χ0v) is 25.7. The summed E-state index contributed by atoms with van der Waals surface area (Å²) < 4.78 is 0. The molecule has 0 N–H and O–H groups in total. The molecule has 0 saturated heterocycles. The first-order valence-corrected chi connectivity index (χ1v) is 16.8. The molecule has 0 unspecified atom stereocenters. The van der Waals surface area contributed by atoms with E-state index in [1.807, 2.05) is 30.5 Å². The van der Waals surface area contributed by atoms with Crippen LogP contribution in [0.4, 0.5) is 0 Å². The molecule has 1 spiro atoms. The first-order valence-electron chi connectivity index (χ1n) is 16.8. The summed E-state index contributed by atoms with van der Waals surface area (Å²) in [6.07, 6.45) is 11.1. The zero-order valence-electron chi connectivity index (χ0n) is 25.7. The average molecular weight is 595 g/mol. The summed E-state index contributed by atoms with van der Waals surface area (Å²) in [5, 5.41) is 0. The van der Waals surface area contributed by atoms with Crippen molar-refractivity contribution < 1.29 is 0 Å². The van der Waals surface area contributed by atoms with Gasteiger partial charge in [-0.3, -0.25) is 4.98 Å². The number of hydrogen-bond donors (Lipinski definition) is 0. The molecule has 0 amide bonds. The Balaban J connectivity index is 1.11. The second-order valence-corrected chi connectivity index (χ2v) is 14.0. The van der Waals surface area contributed by atoms with Gasteiger partial charge in [-0.05, 0) is 95.7 Å². The Morgan fingerprint density at radius 1 is 0.457 bits per heavy atom. The summed E-state index contributed by atoms with van der Waals surface area (Å²) in [5.74, 6) is 5.37. The molecule has 6 aromatic rings. The van der Waals surface area contributed by atoms with E-state index in [1.54, 1.807) is 0 Å². The predicted molar refractivity (Wildman–Crippen MR) is 183 cm³/mol. The lowest BCUT2D eigenvalue weighted by Crippen LogP contribution is -2.55. The first kappa shape index (κ1) is 26.3. The van der Waals surface area contributed by atoms with E-state index in [4.69, 9.17) is 15.0 Å². The maximum atomic E-state index is 5.12. The Morgan fingerprint density at radius 2 is 0.957 bits per heavy atom. The van der Waals surface area contributed by atoms with Gasteiger partial charge in [0.05, 0.1) is 0 Å². The molecule has 2 aromatic heterocycles. The highest BCUT2D eigenvalue weighted by Gasteiger charge is 2.61. The fourth-order valence-corrected chi connectivity index (χ4v) is 9.98. The third-order valence-electron chi connectivity index (χ3n) is 11.6. The number of rotatable bonds is 4. The van der Waals surface area contributed by atoms with E-state index in [9.17, 15) is 0 Å². The highest BCUT2D eigenvalue weighted by atomic mass is 15.0. The largest absolute Gasteiger partial charge is 0.264 e. The van der Waals surface area contributed by atoms with Crippen LogP contribution < -0.4 is 0 Å². The average Bonchev–Trinajstić information content (AvgIpc) is 3.41. The van der Waals surface area contributed by atoms with Gasteiger partial charge in [-0.2, -0.15) is 0 Å². The van der Waals surface area contributed by atoms with Gasteiger partial charge in [0.2, 0.25) is 0 Å². The normalized spacial score (nSPS) is 25.0. The third-order valence-corrected chi connectivity index (χ3v) is 11.6. The van der Waals surface area contributed by atoms with Crippen molar-refractivity contribution in [1.82, 2.24) is 19.9 Å². The summed E-state index contributed by atoms with van der Waals surface area (Å²) in [5.41, 5.74) is 11.1. The number of benzene rings is 4. The molecule has 46 heavy (non-hydrogen) atoms. The van der Waals surface area contributed by atoms with Crippen LogP contribution in [0.1, 0.15) is 43.2 Å². The van der Waals surface area contributed by atoms with Gasteiger partial charge in [-0.15, -0.1) is 0 Å². The fraction of sp³-hybridized carbons (Fsp3) is 0.238. The molecular formula is C42H34N4. The van der Waals surface area contributed by atoms with Crippen molar-refractivity contribution in [3.63, 3.8) is 0 Å². The maximum absolute atomic E-state index is 5.12. The number of nitrogens with zero attached hydrogens (tertiary/aromatic N) is 4. The fourth-order valence-electron chi connectivity index (χ4n) is 9.98. The molecule has 222 valence electrons. The third kappa shape index (κ3) is 3.86. The smallest absolute Gasteiger partial charge is 0.164 e. The van der Waals surface area contributed by atoms with E-state index < -0.39 is 0 Å². The summed E-state index contributed by atoms with van der Waals surface area (Å²) >= 11 is 0. The molecule has 4 aromatic carbocycles. The van der Waals surface area contributed by atoms with Crippen LogP contribution in [0.15, 0.2) is 122 Å². The van der Waals surface area contributed by atoms with Crippen LogP contribution in [0.5, 0.6) is 0 Å². The van der Waals surface area contributed by atoms with Crippen molar-refractivity contribution in [3.8, 4) is 56.4 Å². The Kier molecular flexibility index (Phi) is 5.72. The maximum Gasteiger partial charge on any atom is 0.164 e. The van der Waals surface area contributed by atoms with E-state index in [0.717, 1.165) is 40.4 Å². The lowest BCUT2D eigenvalue weighted by Gasteiger charge is -2.61. The molecule has 4 fully saturated rings. The van der Waals surface area contributed by atoms with Crippen LogP contribution in [0.3, 0.4) is 0 Å². The molecule has 4 saturated carbocycles. The molecule has 4 bridgehead atoms. The van der Waals surface area contributed by atoms with Crippen molar-refractivity contribution in [2.75, 3.05) is 0 Å². The number of fused-ring (bicyclic) bond motifs is 3. The molecule has 0 aliphatic heterocycles. The highest BCUT2D eigenvalue weighted by molar-refractivity contribution is 5.84. The molecule has 4 heteroatoms. The molecule has 5 aliphatic rings.